The molecule has 0 saturated carbocycles. The van der Waals surface area contributed by atoms with Crippen molar-refractivity contribution in [1.82, 2.24) is 0 Å². The maximum Gasteiger partial charge on any atom is 0.341 e. The zero-order valence-corrected chi connectivity index (χ0v) is 15.6. The lowest BCUT2D eigenvalue weighted by atomic mass is 10.00. The highest BCUT2D eigenvalue weighted by Crippen LogP contribution is 2.36. The summed E-state index contributed by atoms with van der Waals surface area (Å²) >= 11 is 0. The van der Waals surface area contributed by atoms with Gasteiger partial charge in [-0.1, -0.05) is 12.1 Å². The van der Waals surface area contributed by atoms with Crippen molar-refractivity contribution in [2.75, 3.05) is 27.9 Å². The van der Waals surface area contributed by atoms with Crippen LogP contribution in [0.15, 0.2) is 36.4 Å². The Balaban J connectivity index is 2.10. The third kappa shape index (κ3) is 5.52. The molecule has 7 nitrogen and oxygen atoms in total. The number of hydrogen-bond acceptors (Lipinski definition) is 6. The third-order valence-electron chi connectivity index (χ3n) is 4.08. The fourth-order valence-corrected chi connectivity index (χ4v) is 2.70. The van der Waals surface area contributed by atoms with Crippen LogP contribution in [0.3, 0.4) is 0 Å². The summed E-state index contributed by atoms with van der Waals surface area (Å²) in [4.78, 5) is 10.6. The zero-order valence-electron chi connectivity index (χ0n) is 15.6. The molecule has 2 N–H and O–H groups in total. The Kier molecular flexibility index (Phi) is 7.31. The van der Waals surface area contributed by atoms with Gasteiger partial charge in [0, 0.05) is 6.07 Å². The number of aliphatic hydroxyl groups is 1. The minimum absolute atomic E-state index is 0.401. The molecule has 1 atom stereocenters. The van der Waals surface area contributed by atoms with E-state index in [2.05, 4.69) is 0 Å². The lowest BCUT2D eigenvalue weighted by molar-refractivity contribution is -0.139. The van der Waals surface area contributed by atoms with Crippen LogP contribution >= 0.6 is 0 Å². The molecule has 0 fully saturated rings. The maximum atomic E-state index is 10.6. The van der Waals surface area contributed by atoms with Crippen molar-refractivity contribution >= 4 is 5.97 Å². The maximum absolute atomic E-state index is 10.6. The number of aliphatic hydroxyl groups excluding tert-OH is 1. The average molecular weight is 376 g/mol. The number of ether oxygens (including phenoxy) is 4. The van der Waals surface area contributed by atoms with Crippen LogP contribution < -0.4 is 18.9 Å². The van der Waals surface area contributed by atoms with Gasteiger partial charge in [-0.05, 0) is 42.2 Å². The lowest BCUT2D eigenvalue weighted by Crippen LogP contribution is -2.09. The van der Waals surface area contributed by atoms with E-state index in [-0.39, 0.29) is 0 Å². The summed E-state index contributed by atoms with van der Waals surface area (Å²) in [6.07, 6.45) is 0.246. The van der Waals surface area contributed by atoms with Crippen LogP contribution in [-0.2, 0) is 11.2 Å². The van der Waals surface area contributed by atoms with Crippen molar-refractivity contribution in [1.29, 1.82) is 0 Å². The number of carboxylic acid groups (broad SMARTS) is 1. The summed E-state index contributed by atoms with van der Waals surface area (Å²) in [5.41, 5.74) is 1.53. The van der Waals surface area contributed by atoms with Gasteiger partial charge in [0.25, 0.3) is 0 Å². The molecule has 0 aliphatic carbocycles. The highest BCUT2D eigenvalue weighted by molar-refractivity contribution is 5.68. The molecule has 0 bridgehead atoms. The molecule has 1 unspecified atom stereocenters. The summed E-state index contributed by atoms with van der Waals surface area (Å²) in [5, 5.41) is 19.2. The first-order chi connectivity index (χ1) is 13.0. The van der Waals surface area contributed by atoms with E-state index in [1.807, 2.05) is 6.07 Å². The standard InChI is InChI=1S/C20H24O7/c1-24-17-11-19(26-3)18(25-2)10-14(17)7-8-16(21)13-5-4-6-15(9-13)27-12-20(22)23/h4-6,9-11,16,21H,7-8,12H2,1-3H3,(H,22,23). The van der Waals surface area contributed by atoms with Crippen molar-refractivity contribution in [3.8, 4) is 23.0 Å². The second-order valence-electron chi connectivity index (χ2n) is 5.83. The molecule has 2 rings (SSSR count). The summed E-state index contributed by atoms with van der Waals surface area (Å²) in [7, 11) is 4.69. The number of carboxylic acids is 1. The van der Waals surface area contributed by atoms with Crippen molar-refractivity contribution < 1.29 is 34.0 Å². The van der Waals surface area contributed by atoms with E-state index < -0.39 is 18.7 Å². The van der Waals surface area contributed by atoms with E-state index in [1.54, 1.807) is 51.7 Å². The molecule has 0 aromatic heterocycles. The minimum Gasteiger partial charge on any atom is -0.496 e. The first-order valence-electron chi connectivity index (χ1n) is 8.40. The van der Waals surface area contributed by atoms with Gasteiger partial charge in [-0.3, -0.25) is 0 Å². The number of benzene rings is 2. The largest absolute Gasteiger partial charge is 0.496 e. The first kappa shape index (κ1) is 20.4. The normalized spacial score (nSPS) is 11.6. The smallest absolute Gasteiger partial charge is 0.341 e. The van der Waals surface area contributed by atoms with E-state index in [9.17, 15) is 9.90 Å². The molecule has 0 amide bonds. The SMILES string of the molecule is COc1cc(OC)c(OC)cc1CCC(O)c1cccc(OCC(=O)O)c1. The van der Waals surface area contributed by atoms with Crippen molar-refractivity contribution in [3.63, 3.8) is 0 Å². The van der Waals surface area contributed by atoms with Gasteiger partial charge in [-0.15, -0.1) is 0 Å². The topological polar surface area (TPSA) is 94.5 Å². The van der Waals surface area contributed by atoms with Crippen LogP contribution in [0.4, 0.5) is 0 Å². The zero-order chi connectivity index (χ0) is 19.8. The molecule has 27 heavy (non-hydrogen) atoms. The van der Waals surface area contributed by atoms with Gasteiger partial charge in [0.15, 0.2) is 18.1 Å². The van der Waals surface area contributed by atoms with Crippen LogP contribution in [0.2, 0.25) is 0 Å². The van der Waals surface area contributed by atoms with E-state index in [1.165, 1.54) is 0 Å². The second-order valence-corrected chi connectivity index (χ2v) is 5.83. The molecular weight excluding hydrogens is 352 g/mol. The van der Waals surface area contributed by atoms with Gasteiger partial charge < -0.3 is 29.2 Å². The van der Waals surface area contributed by atoms with Gasteiger partial charge in [0.1, 0.15) is 11.5 Å². The molecule has 0 heterocycles. The Morgan fingerprint density at radius 2 is 1.67 bits per heavy atom. The highest BCUT2D eigenvalue weighted by Gasteiger charge is 2.15. The van der Waals surface area contributed by atoms with Crippen LogP contribution in [0.1, 0.15) is 23.7 Å². The molecule has 0 spiro atoms. The molecule has 0 aliphatic rings. The van der Waals surface area contributed by atoms with Gasteiger partial charge in [-0.25, -0.2) is 4.79 Å². The molecule has 2 aromatic rings. The third-order valence-corrected chi connectivity index (χ3v) is 4.08. The second kappa shape index (κ2) is 9.68. The van der Waals surface area contributed by atoms with Crippen molar-refractivity contribution in [2.24, 2.45) is 0 Å². The minimum atomic E-state index is -1.05. The highest BCUT2D eigenvalue weighted by atomic mass is 16.5. The fraction of sp³-hybridized carbons (Fsp3) is 0.350. The van der Waals surface area contributed by atoms with Crippen LogP contribution in [0.25, 0.3) is 0 Å². The van der Waals surface area contributed by atoms with Crippen molar-refractivity contribution in [3.05, 3.63) is 47.5 Å². The summed E-state index contributed by atoms with van der Waals surface area (Å²) in [6.45, 7) is -0.428. The van der Waals surface area contributed by atoms with Crippen LogP contribution in [0, 0.1) is 0 Å². The van der Waals surface area contributed by atoms with Gasteiger partial charge in [0.2, 0.25) is 0 Å². The summed E-state index contributed by atoms with van der Waals surface area (Å²) in [6, 6.07) is 10.4. The molecule has 2 aromatic carbocycles. The Bertz CT molecular complexity index is 773. The number of methoxy groups -OCH3 is 3. The Morgan fingerprint density at radius 3 is 2.30 bits per heavy atom. The average Bonchev–Trinajstić information content (AvgIpc) is 2.69. The van der Waals surface area contributed by atoms with Crippen LogP contribution in [0.5, 0.6) is 23.0 Å². The molecule has 7 heteroatoms. The predicted octanol–water partition coefficient (Wildman–Crippen LogP) is 2.84. The summed E-state index contributed by atoms with van der Waals surface area (Å²) < 4.78 is 21.2. The van der Waals surface area contributed by atoms with E-state index in [0.29, 0.717) is 41.4 Å². The summed E-state index contributed by atoms with van der Waals surface area (Å²) in [5.74, 6) is 1.16. The van der Waals surface area contributed by atoms with Crippen molar-refractivity contribution in [2.45, 2.75) is 18.9 Å². The molecule has 0 radical (unpaired) electrons. The number of carbonyl (C=O) groups is 1. The molecule has 0 aliphatic heterocycles. The number of rotatable bonds is 10. The molecule has 0 saturated heterocycles. The van der Waals surface area contributed by atoms with E-state index in [0.717, 1.165) is 5.56 Å². The Morgan fingerprint density at radius 1 is 1.00 bits per heavy atom. The van der Waals surface area contributed by atoms with E-state index in [4.69, 9.17) is 24.1 Å². The van der Waals surface area contributed by atoms with Gasteiger partial charge in [-0.2, -0.15) is 0 Å². The fourth-order valence-electron chi connectivity index (χ4n) is 2.70. The van der Waals surface area contributed by atoms with Gasteiger partial charge in [0.05, 0.1) is 27.4 Å². The van der Waals surface area contributed by atoms with E-state index >= 15 is 0 Å². The predicted molar refractivity (Wildman–Crippen MR) is 99.0 cm³/mol. The number of hydrogen-bond donors (Lipinski definition) is 2. The quantitative estimate of drug-likeness (QED) is 0.658. The number of aliphatic carboxylic acids is 1. The van der Waals surface area contributed by atoms with Crippen LogP contribution in [-0.4, -0.2) is 44.1 Å². The van der Waals surface area contributed by atoms with Gasteiger partial charge >= 0.3 is 5.97 Å². The Labute approximate surface area is 158 Å². The Hall–Kier alpha value is -2.93. The number of aryl methyl sites for hydroxylation is 1. The molecule has 146 valence electrons. The first-order valence-corrected chi connectivity index (χ1v) is 8.40. The molecular formula is C20H24O7. The lowest BCUT2D eigenvalue weighted by Gasteiger charge is -2.16. The monoisotopic (exact) mass is 376 g/mol.